The summed E-state index contributed by atoms with van der Waals surface area (Å²) in [4.78, 5) is 34.1. The molecule has 1 aromatic heterocycles. The molecular formula is C18H20N4O4S. The average molecular weight is 388 g/mol. The molecule has 3 amide bonds. The van der Waals surface area contributed by atoms with Crippen molar-refractivity contribution in [3.05, 3.63) is 47.0 Å². The smallest absolute Gasteiger partial charge is 0.320 e. The van der Waals surface area contributed by atoms with E-state index >= 15 is 0 Å². The van der Waals surface area contributed by atoms with Crippen LogP contribution in [0.25, 0.3) is 16.5 Å². The number of aryl methyl sites for hydroxylation is 1. The van der Waals surface area contributed by atoms with Crippen molar-refractivity contribution in [3.8, 4) is 10.4 Å². The number of hydrogen-bond donors (Lipinski definition) is 5. The molecular weight excluding hydrogens is 368 g/mol. The van der Waals surface area contributed by atoms with E-state index < -0.39 is 23.9 Å². The Morgan fingerprint density at radius 1 is 1.26 bits per heavy atom. The lowest BCUT2D eigenvalue weighted by Gasteiger charge is -2.05. The summed E-state index contributed by atoms with van der Waals surface area (Å²) in [6.07, 6.45) is 3.75. The highest BCUT2D eigenvalue weighted by Gasteiger charge is 2.16. The van der Waals surface area contributed by atoms with Gasteiger partial charge in [0.05, 0.1) is 5.56 Å². The van der Waals surface area contributed by atoms with Gasteiger partial charge < -0.3 is 22.3 Å². The number of rotatable bonds is 7. The van der Waals surface area contributed by atoms with Gasteiger partial charge in [-0.3, -0.25) is 14.9 Å². The average Bonchev–Trinajstić information content (AvgIpc) is 2.99. The van der Waals surface area contributed by atoms with Gasteiger partial charge in [0.2, 0.25) is 0 Å². The number of nitrogens with two attached hydrogens (primary N) is 3. The van der Waals surface area contributed by atoms with Gasteiger partial charge in [-0.15, -0.1) is 11.3 Å². The first-order valence-corrected chi connectivity index (χ1v) is 8.76. The summed E-state index contributed by atoms with van der Waals surface area (Å²) >= 11 is 1.20. The Hall–Kier alpha value is -3.17. The molecule has 142 valence electrons. The SMILES string of the molecule is Cc1cc(-c2cc(C(N)=O)c(NC(N)=O)s2)ccc1C=CCC(N)C(=O)O. The van der Waals surface area contributed by atoms with Crippen molar-refractivity contribution < 1.29 is 19.5 Å². The molecule has 8 N–H and O–H groups in total. The Morgan fingerprint density at radius 3 is 2.52 bits per heavy atom. The zero-order valence-electron chi connectivity index (χ0n) is 14.6. The number of aliphatic carboxylic acids is 1. The molecule has 0 spiro atoms. The van der Waals surface area contributed by atoms with E-state index in [0.29, 0.717) is 5.00 Å². The fourth-order valence-electron chi connectivity index (χ4n) is 2.38. The zero-order valence-corrected chi connectivity index (χ0v) is 15.4. The first-order valence-electron chi connectivity index (χ1n) is 7.95. The first-order chi connectivity index (χ1) is 12.7. The Morgan fingerprint density at radius 2 is 1.96 bits per heavy atom. The van der Waals surface area contributed by atoms with Gasteiger partial charge in [-0.2, -0.15) is 0 Å². The number of anilines is 1. The van der Waals surface area contributed by atoms with E-state index in [9.17, 15) is 14.4 Å². The zero-order chi connectivity index (χ0) is 20.1. The molecule has 1 unspecified atom stereocenters. The van der Waals surface area contributed by atoms with Crippen molar-refractivity contribution in [2.75, 3.05) is 5.32 Å². The molecule has 27 heavy (non-hydrogen) atoms. The normalized spacial score (nSPS) is 12.1. The van der Waals surface area contributed by atoms with Gasteiger partial charge in [-0.25, -0.2) is 4.79 Å². The number of carbonyl (C=O) groups is 3. The number of benzene rings is 1. The first kappa shape index (κ1) is 20.1. The van der Waals surface area contributed by atoms with E-state index in [-0.39, 0.29) is 12.0 Å². The van der Waals surface area contributed by atoms with Crippen LogP contribution in [0.15, 0.2) is 30.3 Å². The number of thiophene rings is 1. The molecule has 0 radical (unpaired) electrons. The number of primary amides is 2. The minimum absolute atomic E-state index is 0.193. The summed E-state index contributed by atoms with van der Waals surface area (Å²) < 4.78 is 0. The van der Waals surface area contributed by atoms with Crippen molar-refractivity contribution in [3.63, 3.8) is 0 Å². The fourth-order valence-corrected chi connectivity index (χ4v) is 3.44. The second-order valence-electron chi connectivity index (χ2n) is 5.86. The molecule has 1 aromatic carbocycles. The molecule has 2 aromatic rings. The van der Waals surface area contributed by atoms with E-state index in [4.69, 9.17) is 22.3 Å². The molecule has 1 atom stereocenters. The second-order valence-corrected chi connectivity index (χ2v) is 6.91. The molecule has 8 nitrogen and oxygen atoms in total. The largest absolute Gasteiger partial charge is 0.480 e. The highest BCUT2D eigenvalue weighted by Crippen LogP contribution is 2.36. The van der Waals surface area contributed by atoms with Crippen molar-refractivity contribution in [2.24, 2.45) is 17.2 Å². The summed E-state index contributed by atoms with van der Waals surface area (Å²) in [6, 6.07) is 5.54. The number of carbonyl (C=O) groups excluding carboxylic acids is 2. The lowest BCUT2D eigenvalue weighted by atomic mass is 10.0. The van der Waals surface area contributed by atoms with E-state index in [1.54, 1.807) is 12.1 Å². The van der Waals surface area contributed by atoms with E-state index in [1.807, 2.05) is 31.2 Å². The van der Waals surface area contributed by atoms with Gasteiger partial charge in [-0.1, -0.05) is 30.4 Å². The topological polar surface area (TPSA) is 162 Å². The highest BCUT2D eigenvalue weighted by atomic mass is 32.1. The van der Waals surface area contributed by atoms with Crippen LogP contribution >= 0.6 is 11.3 Å². The number of carboxylic acids is 1. The lowest BCUT2D eigenvalue weighted by molar-refractivity contribution is -0.138. The number of amides is 3. The number of hydrogen-bond acceptors (Lipinski definition) is 5. The molecule has 0 fully saturated rings. The monoisotopic (exact) mass is 388 g/mol. The number of nitrogens with one attached hydrogen (secondary N) is 1. The van der Waals surface area contributed by atoms with E-state index in [2.05, 4.69) is 5.32 Å². The van der Waals surface area contributed by atoms with Crippen molar-refractivity contribution in [1.29, 1.82) is 0 Å². The Balaban J connectivity index is 2.27. The van der Waals surface area contributed by atoms with Gasteiger partial charge in [0.1, 0.15) is 11.0 Å². The third-order valence-corrected chi connectivity index (χ3v) is 4.89. The third kappa shape index (κ3) is 5.16. The van der Waals surface area contributed by atoms with Crippen LogP contribution in [0.5, 0.6) is 0 Å². The van der Waals surface area contributed by atoms with Crippen molar-refractivity contribution in [2.45, 2.75) is 19.4 Å². The molecule has 2 rings (SSSR count). The summed E-state index contributed by atoms with van der Waals surface area (Å²) in [5.74, 6) is -1.71. The van der Waals surface area contributed by atoms with E-state index in [1.165, 1.54) is 11.3 Å². The van der Waals surface area contributed by atoms with Crippen molar-refractivity contribution in [1.82, 2.24) is 0 Å². The maximum atomic E-state index is 11.6. The number of carboxylic acid groups (broad SMARTS) is 1. The maximum Gasteiger partial charge on any atom is 0.320 e. The van der Waals surface area contributed by atoms with Crippen LogP contribution in [0.2, 0.25) is 0 Å². The second kappa shape index (κ2) is 8.47. The summed E-state index contributed by atoms with van der Waals surface area (Å²) in [7, 11) is 0. The van der Waals surface area contributed by atoms with Gasteiger partial charge in [-0.05, 0) is 36.1 Å². The standard InChI is InChI=1S/C18H20N4O4S/c1-9-7-11(6-5-10(9)3-2-4-13(19)17(24)25)14-8-12(15(20)23)16(27-14)22-18(21)26/h2-3,5-8,13H,4,19H2,1H3,(H2,20,23)(H,24,25)(H3,21,22,26). The molecule has 0 aliphatic carbocycles. The molecule has 0 bridgehead atoms. The Labute approximate surface area is 159 Å². The Bertz CT molecular complexity index is 920. The van der Waals surface area contributed by atoms with Crippen LogP contribution in [0.4, 0.5) is 9.80 Å². The van der Waals surface area contributed by atoms with Crippen LogP contribution < -0.4 is 22.5 Å². The van der Waals surface area contributed by atoms with Crippen molar-refractivity contribution >= 4 is 40.3 Å². The van der Waals surface area contributed by atoms with Crippen LogP contribution in [0.3, 0.4) is 0 Å². The van der Waals surface area contributed by atoms with Gasteiger partial charge in [0, 0.05) is 4.88 Å². The highest BCUT2D eigenvalue weighted by molar-refractivity contribution is 7.20. The summed E-state index contributed by atoms with van der Waals surface area (Å²) in [5, 5.41) is 11.5. The van der Waals surface area contributed by atoms with Crippen LogP contribution in [0, 0.1) is 6.92 Å². The summed E-state index contributed by atoms with van der Waals surface area (Å²) in [6.45, 7) is 1.91. The van der Waals surface area contributed by atoms with Crippen LogP contribution in [-0.4, -0.2) is 29.1 Å². The van der Waals surface area contributed by atoms with E-state index in [0.717, 1.165) is 21.6 Å². The van der Waals surface area contributed by atoms with Gasteiger partial charge >= 0.3 is 12.0 Å². The molecule has 0 saturated carbocycles. The molecule has 0 aliphatic rings. The van der Waals surface area contributed by atoms with Crippen LogP contribution in [0.1, 0.15) is 27.9 Å². The minimum atomic E-state index is -1.05. The Kier molecular flexibility index (Phi) is 6.32. The number of urea groups is 1. The van der Waals surface area contributed by atoms with Gasteiger partial charge in [0.25, 0.3) is 5.91 Å². The third-order valence-electron chi connectivity index (χ3n) is 3.79. The predicted molar refractivity (Wildman–Crippen MR) is 105 cm³/mol. The molecule has 1 heterocycles. The van der Waals surface area contributed by atoms with Gasteiger partial charge in [0.15, 0.2) is 0 Å². The molecule has 9 heteroatoms. The lowest BCUT2D eigenvalue weighted by Crippen LogP contribution is -2.29. The van der Waals surface area contributed by atoms with Crippen LogP contribution in [-0.2, 0) is 4.79 Å². The minimum Gasteiger partial charge on any atom is -0.480 e. The predicted octanol–water partition coefficient (Wildman–Crippen LogP) is 2.13. The quantitative estimate of drug-likeness (QED) is 0.490. The molecule has 0 saturated heterocycles. The summed E-state index contributed by atoms with van der Waals surface area (Å²) in [5.41, 5.74) is 18.8. The maximum absolute atomic E-state index is 11.6. The fraction of sp³-hybridized carbons (Fsp3) is 0.167. The molecule has 0 aliphatic heterocycles.